The van der Waals surface area contributed by atoms with Crippen molar-refractivity contribution in [2.45, 2.75) is 88.0 Å². The SMILES string of the molecule is CC1(C)[C@@H]2CC[C@@]1(C)[C@@]1(C2)O[C@@H]2[C@H](O1)[C@@H](O)[C@H](O)[C@@H](O)[C@@H]2OS(=O)(=O)C(F)(F)F. The molecule has 2 bridgehead atoms. The van der Waals surface area contributed by atoms with E-state index in [1.165, 1.54) is 0 Å². The van der Waals surface area contributed by atoms with Crippen molar-refractivity contribution in [3.05, 3.63) is 0 Å². The zero-order chi connectivity index (χ0) is 21.8. The number of rotatable bonds is 2. The van der Waals surface area contributed by atoms with E-state index in [1.54, 1.807) is 0 Å². The molecule has 0 aromatic rings. The standard InChI is InChI=1S/C17H25F3O8S/c1-14(2)7-4-5-15(14,3)16(6-7)26-11-9(22)8(21)10(23)12(13(11)27-16)28-29(24,25)17(18,19)20/h7-13,21-23H,4-6H2,1-3H3/t7-,8+,9+,10-,11-,12+,13-,15-,16-/m1/s1. The molecule has 4 rings (SSSR count). The molecule has 0 radical (unpaired) electrons. The molecule has 12 heteroatoms. The van der Waals surface area contributed by atoms with Gasteiger partial charge in [-0.05, 0) is 24.2 Å². The molecule has 4 fully saturated rings. The van der Waals surface area contributed by atoms with Crippen LogP contribution in [0.1, 0.15) is 40.0 Å². The Morgan fingerprint density at radius 3 is 2.07 bits per heavy atom. The Balaban J connectivity index is 1.71. The maximum atomic E-state index is 12.8. The number of fused-ring (bicyclic) bond motifs is 4. The highest BCUT2D eigenvalue weighted by Gasteiger charge is 2.76. The van der Waals surface area contributed by atoms with Crippen molar-refractivity contribution in [3.8, 4) is 0 Å². The Morgan fingerprint density at radius 1 is 1.00 bits per heavy atom. The third-order valence-corrected chi connectivity index (χ3v) is 9.03. The number of halogens is 3. The maximum absolute atomic E-state index is 12.8. The normalized spacial score (nSPS) is 51.6. The smallest absolute Gasteiger partial charge is 0.387 e. The molecule has 1 spiro atoms. The van der Waals surface area contributed by atoms with Gasteiger partial charge in [0.15, 0.2) is 5.79 Å². The van der Waals surface area contributed by atoms with Crippen molar-refractivity contribution in [2.75, 3.05) is 0 Å². The van der Waals surface area contributed by atoms with Gasteiger partial charge in [0.2, 0.25) is 0 Å². The van der Waals surface area contributed by atoms with Crippen molar-refractivity contribution in [1.82, 2.24) is 0 Å². The summed E-state index contributed by atoms with van der Waals surface area (Å²) in [7, 11) is -6.08. The summed E-state index contributed by atoms with van der Waals surface area (Å²) in [5.41, 5.74) is -6.52. The minimum absolute atomic E-state index is 0.193. The van der Waals surface area contributed by atoms with Crippen LogP contribution in [-0.2, 0) is 23.8 Å². The molecule has 1 heterocycles. The number of aliphatic hydroxyl groups excluding tert-OH is 3. The third-order valence-electron chi connectivity index (χ3n) is 7.99. The second-order valence-corrected chi connectivity index (χ2v) is 10.9. The van der Waals surface area contributed by atoms with Crippen LogP contribution in [0.25, 0.3) is 0 Å². The zero-order valence-corrected chi connectivity index (χ0v) is 16.9. The van der Waals surface area contributed by atoms with Crippen molar-refractivity contribution >= 4 is 10.1 Å². The Labute approximate surface area is 166 Å². The van der Waals surface area contributed by atoms with Gasteiger partial charge in [0.1, 0.15) is 36.6 Å². The minimum atomic E-state index is -6.08. The molecule has 1 aliphatic heterocycles. The lowest BCUT2D eigenvalue weighted by molar-refractivity contribution is -0.256. The lowest BCUT2D eigenvalue weighted by atomic mass is 9.68. The van der Waals surface area contributed by atoms with E-state index >= 15 is 0 Å². The van der Waals surface area contributed by atoms with Crippen molar-refractivity contribution < 1.29 is 50.6 Å². The van der Waals surface area contributed by atoms with Gasteiger partial charge < -0.3 is 24.8 Å². The molecule has 9 atom stereocenters. The topological polar surface area (TPSA) is 123 Å². The summed E-state index contributed by atoms with van der Waals surface area (Å²) in [5.74, 6) is -1.10. The summed E-state index contributed by atoms with van der Waals surface area (Å²) in [5, 5.41) is 30.7. The highest BCUT2D eigenvalue weighted by atomic mass is 32.2. The van der Waals surface area contributed by atoms with Crippen molar-refractivity contribution in [1.29, 1.82) is 0 Å². The fourth-order valence-corrected chi connectivity index (χ4v) is 6.38. The molecule has 4 aliphatic rings. The number of hydrogen-bond donors (Lipinski definition) is 3. The molecular formula is C17H25F3O8S. The molecule has 8 nitrogen and oxygen atoms in total. The largest absolute Gasteiger partial charge is 0.523 e. The lowest BCUT2D eigenvalue weighted by Crippen LogP contribution is -2.64. The van der Waals surface area contributed by atoms with Crippen LogP contribution in [0.2, 0.25) is 0 Å². The molecule has 3 N–H and O–H groups in total. The summed E-state index contributed by atoms with van der Waals surface area (Å²) < 4.78 is 78.0. The fraction of sp³-hybridized carbons (Fsp3) is 1.00. The maximum Gasteiger partial charge on any atom is 0.523 e. The molecule has 0 aromatic heterocycles. The van der Waals surface area contributed by atoms with Crippen LogP contribution < -0.4 is 0 Å². The predicted molar refractivity (Wildman–Crippen MR) is 89.6 cm³/mol. The Bertz CT molecular complexity index is 801. The highest BCUT2D eigenvalue weighted by Crippen LogP contribution is 2.73. The van der Waals surface area contributed by atoms with Crippen LogP contribution in [0.4, 0.5) is 13.2 Å². The summed E-state index contributed by atoms with van der Waals surface area (Å²) in [6.45, 7) is 6.01. The monoisotopic (exact) mass is 446 g/mol. The van der Waals surface area contributed by atoms with Crippen LogP contribution in [0.3, 0.4) is 0 Å². The van der Waals surface area contributed by atoms with E-state index < -0.39 is 63.5 Å². The van der Waals surface area contributed by atoms with Gasteiger partial charge in [-0.15, -0.1) is 0 Å². The Hall–Kier alpha value is -0.500. The lowest BCUT2D eigenvalue weighted by Gasteiger charge is -2.45. The first-order valence-electron chi connectivity index (χ1n) is 9.47. The van der Waals surface area contributed by atoms with Crippen LogP contribution in [0, 0.1) is 16.7 Å². The van der Waals surface area contributed by atoms with E-state index in [4.69, 9.17) is 9.47 Å². The van der Waals surface area contributed by atoms with Gasteiger partial charge in [-0.1, -0.05) is 20.8 Å². The molecule has 0 unspecified atom stereocenters. The number of ether oxygens (including phenoxy) is 2. The van der Waals surface area contributed by atoms with E-state index in [-0.39, 0.29) is 11.3 Å². The fourth-order valence-electron chi connectivity index (χ4n) is 5.76. The van der Waals surface area contributed by atoms with Gasteiger partial charge in [-0.2, -0.15) is 21.6 Å². The van der Waals surface area contributed by atoms with Gasteiger partial charge in [-0.3, -0.25) is 4.18 Å². The first-order valence-corrected chi connectivity index (χ1v) is 10.9. The zero-order valence-electron chi connectivity index (χ0n) is 16.1. The number of hydrogen-bond acceptors (Lipinski definition) is 8. The first kappa shape index (κ1) is 21.7. The molecule has 3 saturated carbocycles. The van der Waals surface area contributed by atoms with Crippen molar-refractivity contribution in [3.63, 3.8) is 0 Å². The summed E-state index contributed by atoms with van der Waals surface area (Å²) >= 11 is 0. The second kappa shape index (κ2) is 6.05. The second-order valence-electron chi connectivity index (χ2n) is 9.34. The Kier molecular flexibility index (Phi) is 4.53. The molecule has 1 saturated heterocycles. The van der Waals surface area contributed by atoms with Crippen LogP contribution in [0.5, 0.6) is 0 Å². The number of aliphatic hydroxyl groups is 3. The van der Waals surface area contributed by atoms with Crippen LogP contribution >= 0.6 is 0 Å². The third kappa shape index (κ3) is 2.63. The van der Waals surface area contributed by atoms with Crippen molar-refractivity contribution in [2.24, 2.45) is 16.7 Å². The summed E-state index contributed by atoms with van der Waals surface area (Å²) in [6, 6.07) is 0. The molecular weight excluding hydrogens is 421 g/mol. The average Bonchev–Trinajstić information content (AvgIpc) is 3.13. The molecule has 3 aliphatic carbocycles. The molecule has 168 valence electrons. The van der Waals surface area contributed by atoms with Gasteiger partial charge in [0, 0.05) is 11.8 Å². The minimum Gasteiger partial charge on any atom is -0.387 e. The Morgan fingerprint density at radius 2 is 1.59 bits per heavy atom. The van der Waals surface area contributed by atoms with Crippen LogP contribution in [-0.4, -0.2) is 71.7 Å². The first-order chi connectivity index (χ1) is 13.1. The van der Waals surface area contributed by atoms with E-state index in [1.807, 2.05) is 20.8 Å². The quantitative estimate of drug-likeness (QED) is 0.417. The molecule has 29 heavy (non-hydrogen) atoms. The number of alkyl halides is 3. The average molecular weight is 446 g/mol. The van der Waals surface area contributed by atoms with E-state index in [0.29, 0.717) is 12.8 Å². The van der Waals surface area contributed by atoms with Gasteiger partial charge in [-0.25, -0.2) is 0 Å². The highest BCUT2D eigenvalue weighted by molar-refractivity contribution is 7.87. The predicted octanol–water partition coefficient (Wildman–Crippen LogP) is 0.644. The van der Waals surface area contributed by atoms with Gasteiger partial charge >= 0.3 is 15.6 Å². The molecule has 0 aromatic carbocycles. The van der Waals surface area contributed by atoms with Crippen LogP contribution in [0.15, 0.2) is 0 Å². The summed E-state index contributed by atoms with van der Waals surface area (Å²) in [6.07, 6.45) is -8.71. The van der Waals surface area contributed by atoms with E-state index in [9.17, 15) is 36.9 Å². The van der Waals surface area contributed by atoms with E-state index in [0.717, 1.165) is 6.42 Å². The molecule has 0 amide bonds. The summed E-state index contributed by atoms with van der Waals surface area (Å²) in [4.78, 5) is 0. The van der Waals surface area contributed by atoms with E-state index in [2.05, 4.69) is 4.18 Å². The van der Waals surface area contributed by atoms with Gasteiger partial charge in [0.05, 0.1) is 0 Å². The van der Waals surface area contributed by atoms with Gasteiger partial charge in [0.25, 0.3) is 0 Å².